The van der Waals surface area contributed by atoms with Crippen molar-refractivity contribution < 1.29 is 22.4 Å². The lowest BCUT2D eigenvalue weighted by atomic mass is 10.0. The highest BCUT2D eigenvalue weighted by molar-refractivity contribution is 7.89. The minimum atomic E-state index is -4.06. The van der Waals surface area contributed by atoms with Crippen molar-refractivity contribution in [3.63, 3.8) is 0 Å². The maximum Gasteiger partial charge on any atom is 0.243 e. The summed E-state index contributed by atoms with van der Waals surface area (Å²) >= 11 is 0. The summed E-state index contributed by atoms with van der Waals surface area (Å²) in [5.41, 5.74) is 0.414. The highest BCUT2D eigenvalue weighted by Gasteiger charge is 2.34. The lowest BCUT2D eigenvalue weighted by Crippen LogP contribution is -2.56. The average Bonchev–Trinajstić information content (AvgIpc) is 2.95. The molecule has 0 heterocycles. The molecule has 220 valence electrons. The van der Waals surface area contributed by atoms with Crippen LogP contribution in [0.25, 0.3) is 10.8 Å². The van der Waals surface area contributed by atoms with Crippen molar-refractivity contribution in [1.29, 1.82) is 0 Å². The summed E-state index contributed by atoms with van der Waals surface area (Å²) in [4.78, 5) is 29.0. The molecule has 0 saturated heterocycles. The molecule has 0 aliphatic carbocycles. The topological polar surface area (TPSA) is 86.8 Å². The summed E-state index contributed by atoms with van der Waals surface area (Å²) in [6, 6.07) is 26.4. The van der Waals surface area contributed by atoms with Crippen molar-refractivity contribution in [2.24, 2.45) is 0 Å². The summed E-state index contributed by atoms with van der Waals surface area (Å²) in [5, 5.41) is 4.58. The second-order valence-electron chi connectivity index (χ2n) is 11.3. The van der Waals surface area contributed by atoms with E-state index in [-0.39, 0.29) is 23.4 Å². The first-order valence-electron chi connectivity index (χ1n) is 13.7. The molecule has 0 fully saturated rings. The molecular formula is C33H36FN3O4S. The Bertz CT molecular complexity index is 1670. The van der Waals surface area contributed by atoms with E-state index < -0.39 is 45.8 Å². The number of hydrogen-bond acceptors (Lipinski definition) is 4. The van der Waals surface area contributed by atoms with E-state index in [9.17, 15) is 22.4 Å². The number of likely N-dealkylation sites (N-methyl/N-ethyl adjacent to an activating group) is 1. The first kappa shape index (κ1) is 30.9. The van der Waals surface area contributed by atoms with Gasteiger partial charge in [0.2, 0.25) is 21.8 Å². The number of nitrogens with one attached hydrogen (secondary N) is 1. The number of benzene rings is 4. The molecule has 9 heteroatoms. The minimum absolute atomic E-state index is 0.0449. The molecule has 0 aliphatic heterocycles. The largest absolute Gasteiger partial charge is 0.350 e. The van der Waals surface area contributed by atoms with E-state index in [2.05, 4.69) is 5.32 Å². The van der Waals surface area contributed by atoms with Crippen LogP contribution in [-0.2, 0) is 32.6 Å². The Hall–Kier alpha value is -4.08. The number of sulfonamides is 1. The van der Waals surface area contributed by atoms with Crippen molar-refractivity contribution in [1.82, 2.24) is 14.5 Å². The van der Waals surface area contributed by atoms with Crippen LogP contribution in [0.1, 0.15) is 31.9 Å². The molecular weight excluding hydrogens is 553 g/mol. The van der Waals surface area contributed by atoms with Crippen LogP contribution >= 0.6 is 0 Å². The molecule has 0 spiro atoms. The van der Waals surface area contributed by atoms with Gasteiger partial charge in [-0.05, 0) is 55.3 Å². The van der Waals surface area contributed by atoms with Crippen LogP contribution in [0.15, 0.2) is 102 Å². The van der Waals surface area contributed by atoms with E-state index >= 15 is 0 Å². The molecule has 2 amide bonds. The third kappa shape index (κ3) is 7.60. The second-order valence-corrected chi connectivity index (χ2v) is 13.4. The van der Waals surface area contributed by atoms with Crippen LogP contribution in [0.2, 0.25) is 0 Å². The molecule has 1 atom stereocenters. The van der Waals surface area contributed by atoms with Gasteiger partial charge in [0.05, 0.1) is 11.4 Å². The molecule has 4 aromatic rings. The van der Waals surface area contributed by atoms with Crippen LogP contribution in [0.3, 0.4) is 0 Å². The number of fused-ring (bicyclic) bond motifs is 1. The van der Waals surface area contributed by atoms with Crippen LogP contribution in [0.5, 0.6) is 0 Å². The summed E-state index contributed by atoms with van der Waals surface area (Å²) in [5.74, 6) is -1.58. The average molecular weight is 590 g/mol. The minimum Gasteiger partial charge on any atom is -0.350 e. The quantitative estimate of drug-likeness (QED) is 0.277. The standard InChI is InChI=1S/C33H36FN3O4S/c1-33(2,3)35-32(39)30(20-24-12-6-5-7-13-24)37(22-27-16-10-11-17-29(27)34)31(38)23-36(4)42(40,41)28-19-18-25-14-8-9-15-26(25)21-28/h5-19,21,30H,20,22-23H2,1-4H3,(H,35,39)/t30-/m1/s1. The first-order valence-corrected chi connectivity index (χ1v) is 15.1. The zero-order valence-corrected chi connectivity index (χ0v) is 25.1. The molecule has 1 N–H and O–H groups in total. The Morgan fingerprint density at radius 1 is 0.857 bits per heavy atom. The summed E-state index contributed by atoms with van der Waals surface area (Å²) < 4.78 is 42.9. The third-order valence-electron chi connectivity index (χ3n) is 6.85. The van der Waals surface area contributed by atoms with E-state index in [1.165, 1.54) is 24.1 Å². The molecule has 7 nitrogen and oxygen atoms in total. The fourth-order valence-electron chi connectivity index (χ4n) is 4.69. The van der Waals surface area contributed by atoms with Crippen LogP contribution < -0.4 is 5.32 Å². The number of hydrogen-bond donors (Lipinski definition) is 1. The number of carbonyl (C=O) groups is 2. The zero-order chi connectivity index (χ0) is 30.5. The van der Waals surface area contributed by atoms with Gasteiger partial charge in [-0.2, -0.15) is 4.31 Å². The Labute approximate surface area is 247 Å². The van der Waals surface area contributed by atoms with E-state index in [1.807, 2.05) is 75.4 Å². The monoisotopic (exact) mass is 589 g/mol. The van der Waals surface area contributed by atoms with Crippen molar-refractivity contribution in [3.05, 3.63) is 114 Å². The van der Waals surface area contributed by atoms with Gasteiger partial charge in [-0.3, -0.25) is 9.59 Å². The predicted octanol–water partition coefficient (Wildman–Crippen LogP) is 5.15. The highest BCUT2D eigenvalue weighted by Crippen LogP contribution is 2.23. The van der Waals surface area contributed by atoms with Gasteiger partial charge in [0.15, 0.2) is 0 Å². The molecule has 0 radical (unpaired) electrons. The van der Waals surface area contributed by atoms with Crippen LogP contribution in [0, 0.1) is 5.82 Å². The zero-order valence-electron chi connectivity index (χ0n) is 24.2. The first-order chi connectivity index (χ1) is 19.8. The van der Waals surface area contributed by atoms with Gasteiger partial charge in [-0.1, -0.05) is 78.9 Å². The number of halogens is 1. The Morgan fingerprint density at radius 3 is 2.14 bits per heavy atom. The Balaban J connectivity index is 1.69. The third-order valence-corrected chi connectivity index (χ3v) is 8.65. The summed E-state index contributed by atoms with van der Waals surface area (Å²) in [7, 11) is -2.74. The molecule has 42 heavy (non-hydrogen) atoms. The van der Waals surface area contributed by atoms with Crippen molar-refractivity contribution in [2.75, 3.05) is 13.6 Å². The van der Waals surface area contributed by atoms with Gasteiger partial charge in [-0.15, -0.1) is 0 Å². The molecule has 4 rings (SSSR count). The molecule has 0 aromatic heterocycles. The van der Waals surface area contributed by atoms with Gasteiger partial charge >= 0.3 is 0 Å². The van der Waals surface area contributed by atoms with Crippen molar-refractivity contribution in [3.8, 4) is 0 Å². The van der Waals surface area contributed by atoms with Gasteiger partial charge in [0.1, 0.15) is 11.9 Å². The van der Waals surface area contributed by atoms with Gasteiger partial charge < -0.3 is 10.2 Å². The molecule has 0 saturated carbocycles. The normalized spacial score (nSPS) is 12.7. The highest BCUT2D eigenvalue weighted by atomic mass is 32.2. The summed E-state index contributed by atoms with van der Waals surface area (Å²) in [6.07, 6.45) is 0.157. The maximum atomic E-state index is 14.8. The lowest BCUT2D eigenvalue weighted by Gasteiger charge is -2.34. The number of carbonyl (C=O) groups excluding carboxylic acids is 2. The number of nitrogens with zero attached hydrogens (tertiary/aromatic N) is 2. The van der Waals surface area contributed by atoms with E-state index in [0.717, 1.165) is 20.6 Å². The van der Waals surface area contributed by atoms with E-state index in [1.54, 1.807) is 30.3 Å². The van der Waals surface area contributed by atoms with Gasteiger partial charge in [-0.25, -0.2) is 12.8 Å². The molecule has 0 aliphatic rings. The Kier molecular flexibility index (Phi) is 9.43. The predicted molar refractivity (Wildman–Crippen MR) is 163 cm³/mol. The number of amides is 2. The maximum absolute atomic E-state index is 14.8. The smallest absolute Gasteiger partial charge is 0.243 e. The number of rotatable bonds is 10. The molecule has 4 aromatic carbocycles. The SMILES string of the molecule is CN(CC(=O)N(Cc1ccccc1F)[C@H](Cc1ccccc1)C(=O)NC(C)(C)C)S(=O)(=O)c1ccc2ccccc2c1. The Morgan fingerprint density at radius 2 is 1.48 bits per heavy atom. The lowest BCUT2D eigenvalue weighted by molar-refractivity contribution is -0.142. The van der Waals surface area contributed by atoms with E-state index in [4.69, 9.17) is 0 Å². The van der Waals surface area contributed by atoms with Crippen molar-refractivity contribution >= 4 is 32.6 Å². The fourth-order valence-corrected chi connectivity index (χ4v) is 5.85. The fraction of sp³-hybridized carbons (Fsp3) is 0.273. The van der Waals surface area contributed by atoms with Gasteiger partial charge in [0.25, 0.3) is 0 Å². The molecule has 0 unspecified atom stereocenters. The van der Waals surface area contributed by atoms with Crippen molar-refractivity contribution in [2.45, 2.75) is 50.2 Å². The summed E-state index contributed by atoms with van der Waals surface area (Å²) in [6.45, 7) is 4.73. The molecule has 0 bridgehead atoms. The van der Waals surface area contributed by atoms with E-state index in [0.29, 0.717) is 0 Å². The van der Waals surface area contributed by atoms with Gasteiger partial charge in [0, 0.05) is 31.1 Å². The second kappa shape index (κ2) is 12.8. The van der Waals surface area contributed by atoms with Crippen LogP contribution in [0.4, 0.5) is 4.39 Å². The van der Waals surface area contributed by atoms with Crippen LogP contribution in [-0.4, -0.2) is 54.6 Å².